The van der Waals surface area contributed by atoms with Crippen molar-refractivity contribution in [2.75, 3.05) is 0 Å². The third-order valence-corrected chi connectivity index (χ3v) is 5.38. The molecule has 0 fully saturated rings. The Morgan fingerprint density at radius 2 is 1.46 bits per heavy atom. The summed E-state index contributed by atoms with van der Waals surface area (Å²) in [6.45, 7) is 6.32. The molecule has 2 aromatic heterocycles. The number of rotatable bonds is 2. The highest BCUT2D eigenvalue weighted by Crippen LogP contribution is 2.31. The number of hydrogen-bond acceptors (Lipinski definition) is 3. The van der Waals surface area contributed by atoms with Gasteiger partial charge in [-0.2, -0.15) is 0 Å². The van der Waals surface area contributed by atoms with Crippen LogP contribution in [0.15, 0.2) is 67.0 Å². The first kappa shape index (κ1) is 16.6. The first-order chi connectivity index (χ1) is 13.6. The molecule has 0 saturated carbocycles. The van der Waals surface area contributed by atoms with Crippen LogP contribution < -0.4 is 0 Å². The minimum Gasteiger partial charge on any atom is -0.281 e. The van der Waals surface area contributed by atoms with Gasteiger partial charge in [-0.25, -0.2) is 4.98 Å². The second-order valence-electron chi connectivity index (χ2n) is 7.32. The fourth-order valence-electron chi connectivity index (χ4n) is 3.63. The van der Waals surface area contributed by atoms with E-state index in [-0.39, 0.29) is 0 Å². The summed E-state index contributed by atoms with van der Waals surface area (Å²) in [7, 11) is 0. The molecule has 136 valence electrons. The monoisotopic (exact) mass is 364 g/mol. The molecule has 5 aromatic rings. The zero-order chi connectivity index (χ0) is 19.3. The maximum atomic E-state index is 4.62. The van der Waals surface area contributed by atoms with E-state index in [1.807, 2.05) is 23.0 Å². The molecule has 3 aromatic carbocycles. The number of nitrogens with zero attached hydrogens (tertiary/aromatic N) is 4. The molecule has 0 aliphatic heterocycles. The Hall–Kier alpha value is -3.53. The highest BCUT2D eigenvalue weighted by Gasteiger charge is 2.14. The molecule has 2 heterocycles. The Balaban J connectivity index is 1.78. The number of aryl methyl sites for hydroxylation is 3. The van der Waals surface area contributed by atoms with E-state index in [4.69, 9.17) is 0 Å². The van der Waals surface area contributed by atoms with Crippen molar-refractivity contribution in [3.8, 4) is 17.1 Å². The van der Waals surface area contributed by atoms with Crippen LogP contribution in [0.2, 0.25) is 0 Å². The summed E-state index contributed by atoms with van der Waals surface area (Å²) < 4.78 is 2.04. The molecule has 0 N–H and O–H groups in total. The minimum absolute atomic E-state index is 0.803. The molecule has 0 saturated heterocycles. The molecule has 0 amide bonds. The van der Waals surface area contributed by atoms with E-state index in [0.29, 0.717) is 0 Å². The molecule has 0 aliphatic rings. The third-order valence-electron chi connectivity index (χ3n) is 5.38. The van der Waals surface area contributed by atoms with Crippen molar-refractivity contribution in [3.05, 3.63) is 83.7 Å². The van der Waals surface area contributed by atoms with Crippen LogP contribution in [-0.4, -0.2) is 19.7 Å². The molecule has 0 unspecified atom stereocenters. The van der Waals surface area contributed by atoms with E-state index in [9.17, 15) is 0 Å². The van der Waals surface area contributed by atoms with Crippen LogP contribution in [-0.2, 0) is 0 Å². The zero-order valence-corrected chi connectivity index (χ0v) is 16.1. The normalized spacial score (nSPS) is 11.4. The van der Waals surface area contributed by atoms with Gasteiger partial charge >= 0.3 is 0 Å². The first-order valence-corrected chi connectivity index (χ1v) is 9.39. The van der Waals surface area contributed by atoms with Gasteiger partial charge in [0.15, 0.2) is 5.82 Å². The van der Waals surface area contributed by atoms with E-state index in [0.717, 1.165) is 38.9 Å². The predicted molar refractivity (Wildman–Crippen MR) is 114 cm³/mol. The van der Waals surface area contributed by atoms with E-state index >= 15 is 0 Å². The molecule has 4 heteroatoms. The topological polar surface area (TPSA) is 43.6 Å². The standard InChI is InChI=1S/C24H20N4/c1-15-8-10-18(11-9-15)23-19-6-4-5-7-20(19)24(27-26-23)28-14-25-21-12-16(2)17(3)13-22(21)28/h4-14H,1-3H3. The van der Waals surface area contributed by atoms with Gasteiger partial charge in [0.25, 0.3) is 0 Å². The lowest BCUT2D eigenvalue weighted by atomic mass is 10.0. The lowest BCUT2D eigenvalue weighted by Crippen LogP contribution is -2.01. The molecule has 4 nitrogen and oxygen atoms in total. The van der Waals surface area contributed by atoms with Crippen molar-refractivity contribution in [2.45, 2.75) is 20.8 Å². The Morgan fingerprint density at radius 3 is 2.25 bits per heavy atom. The molecule has 0 atom stereocenters. The van der Waals surface area contributed by atoms with Crippen LogP contribution >= 0.6 is 0 Å². The highest BCUT2D eigenvalue weighted by molar-refractivity contribution is 5.98. The number of imidazole rings is 1. The van der Waals surface area contributed by atoms with Gasteiger partial charge in [-0.05, 0) is 44.0 Å². The molecule has 28 heavy (non-hydrogen) atoms. The van der Waals surface area contributed by atoms with Crippen LogP contribution in [0.25, 0.3) is 38.9 Å². The van der Waals surface area contributed by atoms with Gasteiger partial charge in [0.1, 0.15) is 12.0 Å². The molecule has 0 bridgehead atoms. The quantitative estimate of drug-likeness (QED) is 0.412. The molecule has 0 aliphatic carbocycles. The van der Waals surface area contributed by atoms with Crippen LogP contribution in [0.1, 0.15) is 16.7 Å². The summed E-state index contributed by atoms with van der Waals surface area (Å²) in [6.07, 6.45) is 1.84. The summed E-state index contributed by atoms with van der Waals surface area (Å²) >= 11 is 0. The third kappa shape index (κ3) is 2.57. The van der Waals surface area contributed by atoms with Crippen molar-refractivity contribution in [1.29, 1.82) is 0 Å². The summed E-state index contributed by atoms with van der Waals surface area (Å²) in [6, 6.07) is 21.0. The minimum atomic E-state index is 0.803. The molecule has 5 rings (SSSR count). The Kier molecular flexibility index (Phi) is 3.72. The van der Waals surface area contributed by atoms with Gasteiger partial charge in [0.2, 0.25) is 0 Å². The smallest absolute Gasteiger partial charge is 0.169 e. The summed E-state index contributed by atoms with van der Waals surface area (Å²) in [4.78, 5) is 4.59. The van der Waals surface area contributed by atoms with Crippen LogP contribution in [0.5, 0.6) is 0 Å². The van der Waals surface area contributed by atoms with Gasteiger partial charge in [0, 0.05) is 16.3 Å². The average Bonchev–Trinajstić information content (AvgIpc) is 3.10. The van der Waals surface area contributed by atoms with Crippen molar-refractivity contribution < 1.29 is 0 Å². The van der Waals surface area contributed by atoms with Crippen molar-refractivity contribution in [1.82, 2.24) is 19.7 Å². The van der Waals surface area contributed by atoms with Crippen LogP contribution in [0.3, 0.4) is 0 Å². The molecule has 0 spiro atoms. The highest BCUT2D eigenvalue weighted by atomic mass is 15.2. The second-order valence-corrected chi connectivity index (χ2v) is 7.32. The predicted octanol–water partition coefficient (Wildman–Crippen LogP) is 5.56. The number of hydrogen-bond donors (Lipinski definition) is 0. The largest absolute Gasteiger partial charge is 0.281 e. The second kappa shape index (κ2) is 6.27. The van der Waals surface area contributed by atoms with Crippen molar-refractivity contribution in [3.63, 3.8) is 0 Å². The molecular weight excluding hydrogens is 344 g/mol. The Bertz CT molecular complexity index is 1330. The Labute approximate surface area is 163 Å². The first-order valence-electron chi connectivity index (χ1n) is 9.39. The Morgan fingerprint density at radius 1 is 0.750 bits per heavy atom. The summed E-state index contributed by atoms with van der Waals surface area (Å²) in [5, 5.41) is 11.4. The van der Waals surface area contributed by atoms with E-state index in [1.165, 1.54) is 16.7 Å². The van der Waals surface area contributed by atoms with Gasteiger partial charge in [-0.1, -0.05) is 54.1 Å². The average molecular weight is 364 g/mol. The van der Waals surface area contributed by atoms with Gasteiger partial charge in [-0.15, -0.1) is 10.2 Å². The van der Waals surface area contributed by atoms with E-state index in [1.54, 1.807) is 0 Å². The maximum absolute atomic E-state index is 4.62. The number of benzene rings is 3. The summed E-state index contributed by atoms with van der Waals surface area (Å²) in [5.74, 6) is 0.803. The lowest BCUT2D eigenvalue weighted by Gasteiger charge is -2.11. The summed E-state index contributed by atoms with van der Waals surface area (Å²) in [5.41, 5.74) is 7.69. The maximum Gasteiger partial charge on any atom is 0.169 e. The van der Waals surface area contributed by atoms with Crippen LogP contribution in [0.4, 0.5) is 0 Å². The van der Waals surface area contributed by atoms with Gasteiger partial charge in [-0.3, -0.25) is 4.57 Å². The fraction of sp³-hybridized carbons (Fsp3) is 0.125. The zero-order valence-electron chi connectivity index (χ0n) is 16.1. The van der Waals surface area contributed by atoms with Gasteiger partial charge < -0.3 is 0 Å². The number of fused-ring (bicyclic) bond motifs is 2. The number of aromatic nitrogens is 4. The fourth-order valence-corrected chi connectivity index (χ4v) is 3.63. The molecule has 0 radical (unpaired) electrons. The van der Waals surface area contributed by atoms with Gasteiger partial charge in [0.05, 0.1) is 11.0 Å². The van der Waals surface area contributed by atoms with Crippen molar-refractivity contribution in [2.24, 2.45) is 0 Å². The van der Waals surface area contributed by atoms with E-state index < -0.39 is 0 Å². The van der Waals surface area contributed by atoms with Crippen LogP contribution in [0, 0.1) is 20.8 Å². The SMILES string of the molecule is Cc1ccc(-c2nnc(-n3cnc4cc(C)c(C)cc43)c3ccccc23)cc1. The lowest BCUT2D eigenvalue weighted by molar-refractivity contribution is 0.949. The van der Waals surface area contributed by atoms with Crippen molar-refractivity contribution >= 4 is 21.8 Å². The van der Waals surface area contributed by atoms with E-state index in [2.05, 4.69) is 84.5 Å². The molecular formula is C24H20N4.